The second-order valence-electron chi connectivity index (χ2n) is 4.94. The van der Waals surface area contributed by atoms with E-state index in [1.165, 1.54) is 16.7 Å². The fraction of sp³-hybridized carbons (Fsp3) is 0.188. The van der Waals surface area contributed by atoms with Crippen molar-refractivity contribution in [2.24, 2.45) is 0 Å². The van der Waals surface area contributed by atoms with Crippen LogP contribution in [-0.4, -0.2) is 9.66 Å². The molecule has 3 aromatic rings. The first kappa shape index (κ1) is 11.8. The number of hydrogen-bond donors (Lipinski definition) is 1. The van der Waals surface area contributed by atoms with E-state index in [1.54, 1.807) is 4.68 Å². The fourth-order valence-corrected chi connectivity index (χ4v) is 2.54. The number of rotatable bonds is 2. The lowest BCUT2D eigenvalue weighted by Crippen LogP contribution is -2.11. The molecule has 19 heavy (non-hydrogen) atoms. The van der Waals surface area contributed by atoms with Crippen molar-refractivity contribution in [3.63, 3.8) is 0 Å². The minimum absolute atomic E-state index is 0.852. The highest BCUT2D eigenvalue weighted by Crippen LogP contribution is 2.26. The van der Waals surface area contributed by atoms with Gasteiger partial charge in [0.05, 0.1) is 5.52 Å². The molecule has 0 unspecified atom stereocenters. The van der Waals surface area contributed by atoms with E-state index >= 15 is 0 Å². The van der Waals surface area contributed by atoms with E-state index in [-0.39, 0.29) is 0 Å². The molecule has 0 spiro atoms. The van der Waals surface area contributed by atoms with Crippen LogP contribution < -0.4 is 5.84 Å². The van der Waals surface area contributed by atoms with Gasteiger partial charge in [0.2, 0.25) is 0 Å². The Kier molecular flexibility index (Phi) is 2.75. The highest BCUT2D eigenvalue weighted by atomic mass is 15.3. The summed E-state index contributed by atoms with van der Waals surface area (Å²) in [5.41, 5.74) is 5.83. The third kappa shape index (κ3) is 1.87. The van der Waals surface area contributed by atoms with Crippen molar-refractivity contribution in [3.8, 4) is 0 Å². The molecule has 2 N–H and O–H groups in total. The first-order valence-corrected chi connectivity index (χ1v) is 6.42. The van der Waals surface area contributed by atoms with Crippen molar-refractivity contribution >= 4 is 10.9 Å². The number of nitrogens with zero attached hydrogens (tertiary/aromatic N) is 2. The quantitative estimate of drug-likeness (QED) is 0.712. The fourth-order valence-electron chi connectivity index (χ4n) is 2.54. The Hall–Kier alpha value is -2.29. The molecule has 0 aliphatic rings. The van der Waals surface area contributed by atoms with Crippen molar-refractivity contribution in [2.75, 3.05) is 5.84 Å². The lowest BCUT2D eigenvalue weighted by molar-refractivity contribution is 0.976. The lowest BCUT2D eigenvalue weighted by Gasteiger charge is -2.06. The SMILES string of the molecule is Cc1c(C)n(N)c2c(Cc3ccccc3)cncc12. The smallest absolute Gasteiger partial charge is 0.0762 e. The molecule has 0 amide bonds. The van der Waals surface area contributed by atoms with Crippen molar-refractivity contribution < 1.29 is 0 Å². The second-order valence-corrected chi connectivity index (χ2v) is 4.94. The number of pyridine rings is 1. The van der Waals surface area contributed by atoms with Crippen LogP contribution in [0.25, 0.3) is 10.9 Å². The Morgan fingerprint density at radius 1 is 1.11 bits per heavy atom. The zero-order valence-corrected chi connectivity index (χ0v) is 11.2. The first-order valence-electron chi connectivity index (χ1n) is 6.42. The summed E-state index contributed by atoms with van der Waals surface area (Å²) in [6, 6.07) is 10.4. The predicted octanol–water partition coefficient (Wildman–Crippen LogP) is 2.96. The van der Waals surface area contributed by atoms with Crippen molar-refractivity contribution in [3.05, 3.63) is 65.1 Å². The first-order chi connectivity index (χ1) is 9.18. The molecular formula is C16H17N3. The summed E-state index contributed by atoms with van der Waals surface area (Å²) in [7, 11) is 0. The third-order valence-corrected chi connectivity index (χ3v) is 3.78. The monoisotopic (exact) mass is 251 g/mol. The normalized spacial score (nSPS) is 11.1. The third-order valence-electron chi connectivity index (χ3n) is 3.78. The van der Waals surface area contributed by atoms with E-state index in [9.17, 15) is 0 Å². The van der Waals surface area contributed by atoms with E-state index in [4.69, 9.17) is 5.84 Å². The summed E-state index contributed by atoms with van der Waals surface area (Å²) in [6.45, 7) is 4.14. The van der Waals surface area contributed by atoms with E-state index in [0.717, 1.165) is 23.0 Å². The maximum Gasteiger partial charge on any atom is 0.0762 e. The van der Waals surface area contributed by atoms with E-state index in [2.05, 4.69) is 36.2 Å². The molecule has 2 heterocycles. The van der Waals surface area contributed by atoms with Gasteiger partial charge in [0.15, 0.2) is 0 Å². The van der Waals surface area contributed by atoms with Crippen molar-refractivity contribution in [1.82, 2.24) is 9.66 Å². The summed E-state index contributed by atoms with van der Waals surface area (Å²) in [6.07, 6.45) is 4.67. The average molecular weight is 251 g/mol. The number of nitrogens with two attached hydrogens (primary N) is 1. The maximum atomic E-state index is 6.18. The lowest BCUT2D eigenvalue weighted by atomic mass is 10.0. The molecule has 0 aliphatic carbocycles. The van der Waals surface area contributed by atoms with Crippen LogP contribution in [0.5, 0.6) is 0 Å². The van der Waals surface area contributed by atoms with Gasteiger partial charge < -0.3 is 5.84 Å². The molecule has 3 heteroatoms. The Bertz CT molecular complexity index is 727. The van der Waals surface area contributed by atoms with Gasteiger partial charge in [-0.05, 0) is 25.0 Å². The van der Waals surface area contributed by atoms with Crippen LogP contribution in [-0.2, 0) is 6.42 Å². The van der Waals surface area contributed by atoms with Crippen LogP contribution in [0.1, 0.15) is 22.4 Å². The highest BCUT2D eigenvalue weighted by molar-refractivity contribution is 5.87. The number of aromatic nitrogens is 2. The van der Waals surface area contributed by atoms with Gasteiger partial charge in [-0.3, -0.25) is 9.66 Å². The van der Waals surface area contributed by atoms with Crippen LogP contribution in [0.3, 0.4) is 0 Å². The zero-order valence-electron chi connectivity index (χ0n) is 11.2. The van der Waals surface area contributed by atoms with Gasteiger partial charge in [-0.2, -0.15) is 0 Å². The number of benzene rings is 1. The maximum absolute atomic E-state index is 6.18. The van der Waals surface area contributed by atoms with Crippen LogP contribution in [0.2, 0.25) is 0 Å². The largest absolute Gasteiger partial charge is 0.339 e. The number of aryl methyl sites for hydroxylation is 1. The van der Waals surface area contributed by atoms with Gasteiger partial charge in [-0.25, -0.2) is 0 Å². The molecule has 96 valence electrons. The Balaban J connectivity index is 2.17. The molecule has 0 saturated heterocycles. The van der Waals surface area contributed by atoms with Gasteiger partial charge in [0.25, 0.3) is 0 Å². The van der Waals surface area contributed by atoms with E-state index < -0.39 is 0 Å². The minimum Gasteiger partial charge on any atom is -0.339 e. The van der Waals surface area contributed by atoms with Gasteiger partial charge in [0.1, 0.15) is 0 Å². The molecule has 0 aliphatic heterocycles. The summed E-state index contributed by atoms with van der Waals surface area (Å²) in [4.78, 5) is 4.36. The Morgan fingerprint density at radius 3 is 2.58 bits per heavy atom. The zero-order chi connectivity index (χ0) is 13.4. The standard InChI is InChI=1S/C16H17N3/c1-11-12(2)19(17)16-14(9-18-10-15(11)16)8-13-6-4-3-5-7-13/h3-7,9-10H,8,17H2,1-2H3. The van der Waals surface area contributed by atoms with Gasteiger partial charge in [-0.1, -0.05) is 30.3 Å². The van der Waals surface area contributed by atoms with Gasteiger partial charge in [0, 0.05) is 35.5 Å². The second kappa shape index (κ2) is 4.43. The predicted molar refractivity (Wildman–Crippen MR) is 78.6 cm³/mol. The molecular weight excluding hydrogens is 234 g/mol. The van der Waals surface area contributed by atoms with Gasteiger partial charge in [-0.15, -0.1) is 0 Å². The summed E-state index contributed by atoms with van der Waals surface area (Å²) in [5, 5.41) is 1.15. The van der Waals surface area contributed by atoms with Gasteiger partial charge >= 0.3 is 0 Å². The molecule has 0 radical (unpaired) electrons. The van der Waals surface area contributed by atoms with Crippen molar-refractivity contribution in [1.29, 1.82) is 0 Å². The molecule has 2 aromatic heterocycles. The number of nitrogen functional groups attached to an aromatic ring is 1. The van der Waals surface area contributed by atoms with E-state index in [1.807, 2.05) is 25.4 Å². The molecule has 1 aromatic carbocycles. The molecule has 0 fully saturated rings. The molecule has 0 atom stereocenters. The molecule has 0 bridgehead atoms. The summed E-state index contributed by atoms with van der Waals surface area (Å²) in [5.74, 6) is 6.18. The minimum atomic E-state index is 0.852. The topological polar surface area (TPSA) is 43.8 Å². The van der Waals surface area contributed by atoms with E-state index in [0.29, 0.717) is 0 Å². The van der Waals surface area contributed by atoms with Crippen molar-refractivity contribution in [2.45, 2.75) is 20.3 Å². The van der Waals surface area contributed by atoms with Crippen LogP contribution in [0.15, 0.2) is 42.7 Å². The summed E-state index contributed by atoms with van der Waals surface area (Å²) >= 11 is 0. The van der Waals surface area contributed by atoms with Crippen LogP contribution >= 0.6 is 0 Å². The number of hydrogen-bond acceptors (Lipinski definition) is 2. The molecule has 3 rings (SSSR count). The highest BCUT2D eigenvalue weighted by Gasteiger charge is 2.13. The number of fused-ring (bicyclic) bond motifs is 1. The molecule has 0 saturated carbocycles. The van der Waals surface area contributed by atoms with Crippen LogP contribution in [0.4, 0.5) is 0 Å². The Labute approximate surface area is 112 Å². The summed E-state index contributed by atoms with van der Waals surface area (Å²) < 4.78 is 1.78. The van der Waals surface area contributed by atoms with Crippen LogP contribution in [0, 0.1) is 13.8 Å². The molecule has 3 nitrogen and oxygen atoms in total. The average Bonchev–Trinajstić information content (AvgIpc) is 2.66. The Morgan fingerprint density at radius 2 is 1.84 bits per heavy atom.